The second-order valence-electron chi connectivity index (χ2n) is 5.67. The van der Waals surface area contributed by atoms with Crippen LogP contribution < -0.4 is 4.57 Å². The Kier molecular flexibility index (Phi) is 3.19. The Bertz CT molecular complexity index is 987. The highest BCUT2D eigenvalue weighted by Gasteiger charge is 2.21. The summed E-state index contributed by atoms with van der Waals surface area (Å²) in [6, 6.07) is 22.4. The molecular formula is C20H17N2O+. The van der Waals surface area contributed by atoms with Crippen molar-refractivity contribution in [2.75, 3.05) is 0 Å². The number of hydrogen-bond donors (Lipinski definition) is 0. The minimum atomic E-state index is 0.651. The van der Waals surface area contributed by atoms with Crippen LogP contribution in [-0.2, 0) is 7.05 Å². The van der Waals surface area contributed by atoms with Crippen LogP contribution in [0.3, 0.4) is 0 Å². The Hall–Kier alpha value is -2.94. The molecule has 0 radical (unpaired) electrons. The highest BCUT2D eigenvalue weighted by atomic mass is 16.3. The van der Waals surface area contributed by atoms with Crippen molar-refractivity contribution in [1.82, 2.24) is 4.98 Å². The van der Waals surface area contributed by atoms with Crippen LogP contribution in [0.5, 0.6) is 0 Å². The van der Waals surface area contributed by atoms with E-state index in [-0.39, 0.29) is 0 Å². The first-order valence-electron chi connectivity index (χ1n) is 7.65. The zero-order valence-electron chi connectivity index (χ0n) is 13.2. The third-order valence-electron chi connectivity index (χ3n) is 4.15. The van der Waals surface area contributed by atoms with Crippen LogP contribution in [0.1, 0.15) is 5.56 Å². The van der Waals surface area contributed by atoms with Gasteiger partial charge in [-0.15, -0.1) is 0 Å². The van der Waals surface area contributed by atoms with E-state index in [0.717, 1.165) is 22.5 Å². The predicted molar refractivity (Wildman–Crippen MR) is 90.8 cm³/mol. The molecule has 2 aromatic heterocycles. The van der Waals surface area contributed by atoms with Crippen molar-refractivity contribution in [3.8, 4) is 22.7 Å². The molecule has 0 saturated heterocycles. The first kappa shape index (κ1) is 13.7. The van der Waals surface area contributed by atoms with Gasteiger partial charge >= 0.3 is 11.5 Å². The summed E-state index contributed by atoms with van der Waals surface area (Å²) in [5.41, 5.74) is 6.22. The Morgan fingerprint density at radius 2 is 1.61 bits per heavy atom. The second-order valence-corrected chi connectivity index (χ2v) is 5.67. The van der Waals surface area contributed by atoms with E-state index in [2.05, 4.69) is 41.8 Å². The standard InChI is InChI=1S/C20H17N2O/c1-14-8-6-7-11-16(14)17-12-13-18-19(22(17)2)21-20(23-18)15-9-4-3-5-10-15/h3-13H,1-2H3/q+1. The maximum atomic E-state index is 5.92. The van der Waals surface area contributed by atoms with Gasteiger partial charge in [-0.1, -0.05) is 42.5 Å². The summed E-state index contributed by atoms with van der Waals surface area (Å²) in [5.74, 6) is 0.651. The molecule has 0 aliphatic rings. The summed E-state index contributed by atoms with van der Waals surface area (Å²) in [7, 11) is 2.03. The molecule has 2 heterocycles. The molecule has 0 amide bonds. The van der Waals surface area contributed by atoms with Gasteiger partial charge in [-0.25, -0.2) is 4.57 Å². The number of rotatable bonds is 2. The number of benzene rings is 2. The summed E-state index contributed by atoms with van der Waals surface area (Å²) in [6.45, 7) is 2.12. The number of hydrogen-bond acceptors (Lipinski definition) is 2. The Morgan fingerprint density at radius 3 is 2.39 bits per heavy atom. The monoisotopic (exact) mass is 301 g/mol. The Balaban J connectivity index is 1.91. The first-order chi connectivity index (χ1) is 11.2. The highest BCUT2D eigenvalue weighted by Crippen LogP contribution is 2.25. The van der Waals surface area contributed by atoms with Crippen LogP contribution in [0.4, 0.5) is 0 Å². The minimum absolute atomic E-state index is 0.651. The summed E-state index contributed by atoms with van der Waals surface area (Å²) in [5, 5.41) is 0. The van der Waals surface area contributed by atoms with E-state index in [0.29, 0.717) is 5.89 Å². The predicted octanol–water partition coefficient (Wildman–Crippen LogP) is 4.29. The van der Waals surface area contributed by atoms with Gasteiger partial charge in [0.25, 0.3) is 0 Å². The van der Waals surface area contributed by atoms with E-state index in [1.54, 1.807) is 0 Å². The van der Waals surface area contributed by atoms with E-state index in [9.17, 15) is 0 Å². The van der Waals surface area contributed by atoms with Gasteiger partial charge in [0, 0.05) is 10.5 Å². The lowest BCUT2D eigenvalue weighted by atomic mass is 10.1. The van der Waals surface area contributed by atoms with Gasteiger partial charge in [-0.3, -0.25) is 0 Å². The largest absolute Gasteiger partial charge is 0.411 e. The molecule has 23 heavy (non-hydrogen) atoms. The Labute approximate surface area is 134 Å². The average Bonchev–Trinajstić information content (AvgIpc) is 3.02. The molecule has 2 aromatic carbocycles. The van der Waals surface area contributed by atoms with Gasteiger partial charge in [0.2, 0.25) is 5.58 Å². The summed E-state index contributed by atoms with van der Waals surface area (Å²) >= 11 is 0. The van der Waals surface area contributed by atoms with Crippen molar-refractivity contribution >= 4 is 11.2 Å². The van der Waals surface area contributed by atoms with E-state index in [1.807, 2.05) is 43.4 Å². The van der Waals surface area contributed by atoms with Gasteiger partial charge in [0.15, 0.2) is 0 Å². The molecule has 0 unspecified atom stereocenters. The maximum absolute atomic E-state index is 5.92. The lowest BCUT2D eigenvalue weighted by Gasteiger charge is -2.05. The molecular weight excluding hydrogens is 284 g/mol. The zero-order valence-corrected chi connectivity index (χ0v) is 13.2. The fraction of sp³-hybridized carbons (Fsp3) is 0.100. The van der Waals surface area contributed by atoms with Crippen LogP contribution in [0.15, 0.2) is 71.1 Å². The summed E-state index contributed by atoms with van der Waals surface area (Å²) in [4.78, 5) is 4.69. The van der Waals surface area contributed by atoms with Crippen molar-refractivity contribution in [2.45, 2.75) is 6.92 Å². The minimum Gasteiger partial charge on any atom is -0.411 e. The number of pyridine rings is 1. The Morgan fingerprint density at radius 1 is 0.870 bits per heavy atom. The summed E-state index contributed by atoms with van der Waals surface area (Å²) in [6.07, 6.45) is 0. The molecule has 0 aliphatic heterocycles. The van der Waals surface area contributed by atoms with Gasteiger partial charge in [0.05, 0.1) is 12.6 Å². The maximum Gasteiger partial charge on any atom is 0.370 e. The molecule has 4 aromatic rings. The second kappa shape index (κ2) is 5.36. The normalized spacial score (nSPS) is 11.0. The van der Waals surface area contributed by atoms with E-state index in [4.69, 9.17) is 9.40 Å². The van der Waals surface area contributed by atoms with Crippen LogP contribution in [-0.4, -0.2) is 4.98 Å². The lowest BCUT2D eigenvalue weighted by molar-refractivity contribution is -0.635. The number of aromatic nitrogens is 2. The molecule has 4 rings (SSSR count). The third-order valence-corrected chi connectivity index (χ3v) is 4.15. The number of nitrogens with zero attached hydrogens (tertiary/aromatic N) is 2. The van der Waals surface area contributed by atoms with E-state index in [1.165, 1.54) is 11.1 Å². The average molecular weight is 301 g/mol. The van der Waals surface area contributed by atoms with Crippen LogP contribution in [0.2, 0.25) is 0 Å². The fourth-order valence-electron chi connectivity index (χ4n) is 2.89. The number of fused-ring (bicyclic) bond motifs is 1. The zero-order chi connectivity index (χ0) is 15.8. The van der Waals surface area contributed by atoms with Crippen molar-refractivity contribution in [3.63, 3.8) is 0 Å². The third kappa shape index (κ3) is 2.30. The summed E-state index contributed by atoms with van der Waals surface area (Å²) < 4.78 is 8.01. The smallest absolute Gasteiger partial charge is 0.370 e. The molecule has 0 saturated carbocycles. The highest BCUT2D eigenvalue weighted by molar-refractivity contribution is 5.72. The first-order valence-corrected chi connectivity index (χ1v) is 7.65. The van der Waals surface area contributed by atoms with Crippen LogP contribution in [0, 0.1) is 6.92 Å². The quantitative estimate of drug-likeness (QED) is 0.517. The molecule has 0 atom stereocenters. The number of oxazole rings is 1. The molecule has 0 aliphatic carbocycles. The van der Waals surface area contributed by atoms with Crippen molar-refractivity contribution < 1.29 is 8.98 Å². The topological polar surface area (TPSA) is 29.9 Å². The van der Waals surface area contributed by atoms with Crippen LogP contribution in [0.25, 0.3) is 33.9 Å². The molecule has 0 fully saturated rings. The van der Waals surface area contributed by atoms with Crippen LogP contribution >= 0.6 is 0 Å². The van der Waals surface area contributed by atoms with Crippen molar-refractivity contribution in [1.29, 1.82) is 0 Å². The van der Waals surface area contributed by atoms with Gasteiger partial charge < -0.3 is 4.42 Å². The SMILES string of the molecule is Cc1ccccc1-c1ccc2oc(-c3ccccc3)nc2[n+]1C. The molecule has 112 valence electrons. The molecule has 0 N–H and O–H groups in total. The molecule has 3 nitrogen and oxygen atoms in total. The fourth-order valence-corrected chi connectivity index (χ4v) is 2.89. The van der Waals surface area contributed by atoms with Crippen molar-refractivity contribution in [3.05, 3.63) is 72.3 Å². The van der Waals surface area contributed by atoms with E-state index >= 15 is 0 Å². The number of aryl methyl sites for hydroxylation is 2. The van der Waals surface area contributed by atoms with Gasteiger partial charge in [-0.05, 0) is 36.8 Å². The molecule has 0 spiro atoms. The molecule has 0 bridgehead atoms. The van der Waals surface area contributed by atoms with Gasteiger partial charge in [-0.2, -0.15) is 0 Å². The lowest BCUT2D eigenvalue weighted by Crippen LogP contribution is -2.32. The van der Waals surface area contributed by atoms with E-state index < -0.39 is 0 Å². The van der Waals surface area contributed by atoms with Crippen molar-refractivity contribution in [2.24, 2.45) is 7.05 Å². The van der Waals surface area contributed by atoms with Gasteiger partial charge in [0.1, 0.15) is 5.69 Å². The molecule has 3 heteroatoms.